The van der Waals surface area contributed by atoms with Crippen LogP contribution in [0.5, 0.6) is 0 Å². The number of pyridine rings is 1. The van der Waals surface area contributed by atoms with E-state index in [1.807, 2.05) is 18.2 Å². The van der Waals surface area contributed by atoms with Gasteiger partial charge in [0, 0.05) is 27.2 Å². The molecule has 19 heavy (non-hydrogen) atoms. The van der Waals surface area contributed by atoms with Crippen molar-refractivity contribution in [1.82, 2.24) is 9.88 Å². The maximum Gasteiger partial charge on any atom is 0.226 e. The van der Waals surface area contributed by atoms with Crippen LogP contribution in [0.15, 0.2) is 18.2 Å². The third-order valence-corrected chi connectivity index (χ3v) is 3.38. The molecule has 0 bridgehead atoms. The number of hydrogen-bond donors (Lipinski definition) is 0. The zero-order valence-electron chi connectivity index (χ0n) is 11.3. The van der Waals surface area contributed by atoms with Crippen LogP contribution in [0.25, 0.3) is 0 Å². The number of hydrogen-bond acceptors (Lipinski definition) is 4. The Morgan fingerprint density at radius 2 is 2.32 bits per heavy atom. The minimum absolute atomic E-state index is 0.0243. The van der Waals surface area contributed by atoms with E-state index in [1.54, 1.807) is 25.1 Å². The number of carbonyl (C=O) groups is 1. The highest BCUT2D eigenvalue weighted by Crippen LogP contribution is 2.22. The second kappa shape index (κ2) is 5.70. The van der Waals surface area contributed by atoms with Crippen molar-refractivity contribution < 1.29 is 4.79 Å². The first-order valence-electron chi connectivity index (χ1n) is 6.45. The zero-order valence-corrected chi connectivity index (χ0v) is 11.3. The Bertz CT molecular complexity index is 506. The molecule has 1 atom stereocenters. The monoisotopic (exact) mass is 258 g/mol. The lowest BCUT2D eigenvalue weighted by Crippen LogP contribution is -2.43. The summed E-state index contributed by atoms with van der Waals surface area (Å²) in [6.45, 7) is 1.57. The number of rotatable bonds is 2. The molecule has 5 nitrogen and oxygen atoms in total. The van der Waals surface area contributed by atoms with E-state index < -0.39 is 0 Å². The van der Waals surface area contributed by atoms with Crippen molar-refractivity contribution in [3.8, 4) is 6.07 Å². The molecule has 1 saturated heterocycles. The van der Waals surface area contributed by atoms with Gasteiger partial charge in [-0.15, -0.1) is 0 Å². The Labute approximate surface area is 113 Å². The van der Waals surface area contributed by atoms with Gasteiger partial charge in [-0.2, -0.15) is 5.26 Å². The molecule has 1 aromatic rings. The quantitative estimate of drug-likeness (QED) is 0.801. The number of piperidine rings is 1. The normalized spacial score (nSPS) is 18.8. The van der Waals surface area contributed by atoms with Crippen LogP contribution in [0.1, 0.15) is 18.5 Å². The molecule has 0 saturated carbocycles. The second-order valence-corrected chi connectivity index (χ2v) is 5.01. The van der Waals surface area contributed by atoms with Crippen molar-refractivity contribution in [1.29, 1.82) is 5.26 Å². The maximum atomic E-state index is 12.0. The van der Waals surface area contributed by atoms with Gasteiger partial charge in [0.15, 0.2) is 0 Å². The molecule has 1 unspecified atom stereocenters. The predicted octanol–water partition coefficient (Wildman–Crippen LogP) is 1.26. The number of aromatic nitrogens is 1. The predicted molar refractivity (Wildman–Crippen MR) is 72.6 cm³/mol. The molecular weight excluding hydrogens is 240 g/mol. The van der Waals surface area contributed by atoms with Gasteiger partial charge < -0.3 is 9.80 Å². The Kier molecular flexibility index (Phi) is 4.00. The van der Waals surface area contributed by atoms with E-state index in [4.69, 9.17) is 5.26 Å². The molecule has 5 heteroatoms. The van der Waals surface area contributed by atoms with E-state index in [-0.39, 0.29) is 11.8 Å². The zero-order chi connectivity index (χ0) is 13.8. The summed E-state index contributed by atoms with van der Waals surface area (Å²) in [5, 5.41) is 8.88. The van der Waals surface area contributed by atoms with E-state index >= 15 is 0 Å². The largest absolute Gasteiger partial charge is 0.356 e. The summed E-state index contributed by atoms with van der Waals surface area (Å²) in [6.07, 6.45) is 1.90. The molecular formula is C14H18N4O. The summed E-state index contributed by atoms with van der Waals surface area (Å²) in [4.78, 5) is 20.1. The van der Waals surface area contributed by atoms with E-state index in [9.17, 15) is 4.79 Å². The Morgan fingerprint density at radius 1 is 1.53 bits per heavy atom. The van der Waals surface area contributed by atoms with Crippen molar-refractivity contribution >= 4 is 11.7 Å². The van der Waals surface area contributed by atoms with Gasteiger partial charge in [0.25, 0.3) is 0 Å². The number of nitrogens with zero attached hydrogens (tertiary/aromatic N) is 4. The molecule has 0 N–H and O–H groups in total. The number of amides is 1. The van der Waals surface area contributed by atoms with Gasteiger partial charge in [0.05, 0.1) is 5.92 Å². The fraction of sp³-hybridized carbons (Fsp3) is 0.500. The first-order valence-corrected chi connectivity index (χ1v) is 6.45. The molecule has 0 spiro atoms. The van der Waals surface area contributed by atoms with E-state index in [2.05, 4.69) is 9.88 Å². The topological polar surface area (TPSA) is 60.2 Å². The average Bonchev–Trinajstić information content (AvgIpc) is 2.46. The summed E-state index contributed by atoms with van der Waals surface area (Å²) in [7, 11) is 3.58. The van der Waals surface area contributed by atoms with Crippen LogP contribution in [0.4, 0.5) is 5.82 Å². The van der Waals surface area contributed by atoms with Gasteiger partial charge in [-0.25, -0.2) is 4.98 Å². The van der Waals surface area contributed by atoms with Crippen LogP contribution < -0.4 is 4.90 Å². The Balaban J connectivity index is 2.13. The molecule has 0 radical (unpaired) electrons. The highest BCUT2D eigenvalue weighted by Gasteiger charge is 2.27. The van der Waals surface area contributed by atoms with Gasteiger partial charge >= 0.3 is 0 Å². The van der Waals surface area contributed by atoms with Gasteiger partial charge in [-0.3, -0.25) is 4.79 Å². The molecule has 1 fully saturated rings. The molecule has 1 aromatic heterocycles. The van der Waals surface area contributed by atoms with Gasteiger partial charge in [0.1, 0.15) is 17.6 Å². The van der Waals surface area contributed by atoms with Crippen LogP contribution in [-0.2, 0) is 4.79 Å². The standard InChI is InChI=1S/C14H18N4O/c1-17(2)14(19)11-5-4-8-18(10-11)13-7-3-6-12(9-15)16-13/h3,6-7,11H,4-5,8,10H2,1-2H3. The van der Waals surface area contributed by atoms with E-state index in [1.165, 1.54) is 0 Å². The highest BCUT2D eigenvalue weighted by atomic mass is 16.2. The number of nitriles is 1. The molecule has 100 valence electrons. The lowest BCUT2D eigenvalue weighted by Gasteiger charge is -2.34. The molecule has 2 rings (SSSR count). The molecule has 1 aliphatic rings. The van der Waals surface area contributed by atoms with Crippen LogP contribution >= 0.6 is 0 Å². The van der Waals surface area contributed by atoms with Crippen molar-refractivity contribution in [2.45, 2.75) is 12.8 Å². The first kappa shape index (κ1) is 13.3. The summed E-state index contributed by atoms with van der Waals surface area (Å²) in [5.41, 5.74) is 0.415. The van der Waals surface area contributed by atoms with Gasteiger partial charge in [0.2, 0.25) is 5.91 Å². The van der Waals surface area contributed by atoms with Crippen LogP contribution in [0.2, 0.25) is 0 Å². The minimum atomic E-state index is 0.0243. The molecule has 0 aromatic carbocycles. The minimum Gasteiger partial charge on any atom is -0.356 e. The van der Waals surface area contributed by atoms with Crippen molar-refractivity contribution in [3.63, 3.8) is 0 Å². The summed E-state index contributed by atoms with van der Waals surface area (Å²) in [5.74, 6) is 0.979. The van der Waals surface area contributed by atoms with Crippen molar-refractivity contribution in [2.75, 3.05) is 32.1 Å². The van der Waals surface area contributed by atoms with Gasteiger partial charge in [-0.05, 0) is 25.0 Å². The first-order chi connectivity index (χ1) is 9.11. The molecule has 1 amide bonds. The van der Waals surface area contributed by atoms with Crippen LogP contribution in [-0.4, -0.2) is 43.0 Å². The van der Waals surface area contributed by atoms with Crippen molar-refractivity contribution in [3.05, 3.63) is 23.9 Å². The Hall–Kier alpha value is -2.09. The third-order valence-electron chi connectivity index (χ3n) is 3.38. The van der Waals surface area contributed by atoms with Crippen molar-refractivity contribution in [2.24, 2.45) is 5.92 Å². The summed E-state index contributed by atoms with van der Waals surface area (Å²) >= 11 is 0. The molecule has 0 aliphatic carbocycles. The molecule has 2 heterocycles. The van der Waals surface area contributed by atoms with E-state index in [0.29, 0.717) is 12.2 Å². The fourth-order valence-electron chi connectivity index (χ4n) is 2.41. The lowest BCUT2D eigenvalue weighted by molar-refractivity contribution is -0.133. The SMILES string of the molecule is CN(C)C(=O)C1CCCN(c2cccc(C#N)n2)C1. The number of anilines is 1. The average molecular weight is 258 g/mol. The fourth-order valence-corrected chi connectivity index (χ4v) is 2.41. The summed E-state index contributed by atoms with van der Waals surface area (Å²) < 4.78 is 0. The number of carbonyl (C=O) groups excluding carboxylic acids is 1. The summed E-state index contributed by atoms with van der Waals surface area (Å²) in [6, 6.07) is 7.46. The third kappa shape index (κ3) is 3.02. The smallest absolute Gasteiger partial charge is 0.226 e. The van der Waals surface area contributed by atoms with Crippen LogP contribution in [0, 0.1) is 17.2 Å². The lowest BCUT2D eigenvalue weighted by atomic mass is 9.97. The molecule has 1 aliphatic heterocycles. The Morgan fingerprint density at radius 3 is 3.00 bits per heavy atom. The van der Waals surface area contributed by atoms with Crippen LogP contribution in [0.3, 0.4) is 0 Å². The highest BCUT2D eigenvalue weighted by molar-refractivity contribution is 5.79. The maximum absolute atomic E-state index is 12.0. The second-order valence-electron chi connectivity index (χ2n) is 5.01. The van der Waals surface area contributed by atoms with E-state index in [0.717, 1.165) is 25.2 Å². The van der Waals surface area contributed by atoms with Gasteiger partial charge in [-0.1, -0.05) is 6.07 Å².